The highest BCUT2D eigenvalue weighted by atomic mass is 32.1. The molecule has 0 aliphatic heterocycles. The Labute approximate surface area is 116 Å². The molecule has 0 saturated carbocycles. The van der Waals surface area contributed by atoms with Gasteiger partial charge in [-0.2, -0.15) is 18.3 Å². The maximum absolute atomic E-state index is 12.6. The number of halogens is 3. The molecule has 0 unspecified atom stereocenters. The summed E-state index contributed by atoms with van der Waals surface area (Å²) >= 11 is 1.33. The summed E-state index contributed by atoms with van der Waals surface area (Å²) in [7, 11) is 0. The van der Waals surface area contributed by atoms with Gasteiger partial charge in [0.1, 0.15) is 5.75 Å². The molecule has 1 heterocycles. The van der Waals surface area contributed by atoms with Crippen molar-refractivity contribution < 1.29 is 18.3 Å². The number of hydrazone groups is 1. The second-order valence-electron chi connectivity index (χ2n) is 3.98. The molecule has 106 valence electrons. The Morgan fingerprint density at radius 2 is 2.10 bits per heavy atom. The average molecular weight is 301 g/mol. The molecule has 2 N–H and O–H groups in total. The number of benzene rings is 1. The number of phenolic OH excluding ortho intramolecular Hbond substituents is 1. The Morgan fingerprint density at radius 1 is 1.35 bits per heavy atom. The summed E-state index contributed by atoms with van der Waals surface area (Å²) in [5.74, 6) is -0.466. The molecule has 2 aromatic rings. The minimum absolute atomic E-state index is 0.137. The highest BCUT2D eigenvalue weighted by molar-refractivity contribution is 7.13. The van der Waals surface area contributed by atoms with Crippen LogP contribution in [0.1, 0.15) is 16.8 Å². The molecule has 0 radical (unpaired) electrons. The Hall–Kier alpha value is -2.09. The smallest absolute Gasteiger partial charge is 0.416 e. The molecule has 8 heteroatoms. The van der Waals surface area contributed by atoms with Gasteiger partial charge in [-0.3, -0.25) is 5.43 Å². The number of alkyl halides is 3. The Bertz CT molecular complexity index is 637. The molecule has 1 aromatic carbocycles. The third-order valence-electron chi connectivity index (χ3n) is 2.26. The number of phenols is 1. The van der Waals surface area contributed by atoms with E-state index in [1.165, 1.54) is 23.6 Å². The molecule has 0 bridgehead atoms. The molecule has 1 aromatic heterocycles. The molecule has 0 aliphatic rings. The number of aromatic nitrogens is 1. The quantitative estimate of drug-likeness (QED) is 0.672. The van der Waals surface area contributed by atoms with E-state index < -0.39 is 17.5 Å². The molecule has 0 spiro atoms. The second-order valence-corrected chi connectivity index (χ2v) is 4.83. The number of aryl methyl sites for hydroxylation is 1. The third kappa shape index (κ3) is 3.70. The monoisotopic (exact) mass is 301 g/mol. The van der Waals surface area contributed by atoms with Crippen molar-refractivity contribution >= 4 is 22.7 Å². The third-order valence-corrected chi connectivity index (χ3v) is 3.13. The van der Waals surface area contributed by atoms with Crippen LogP contribution in [0.25, 0.3) is 0 Å². The van der Waals surface area contributed by atoms with Crippen LogP contribution in [0.4, 0.5) is 18.3 Å². The van der Waals surface area contributed by atoms with E-state index >= 15 is 0 Å². The van der Waals surface area contributed by atoms with E-state index in [1.807, 2.05) is 12.3 Å². The largest absolute Gasteiger partial charge is 0.508 e. The lowest BCUT2D eigenvalue weighted by atomic mass is 10.1. The molecular weight excluding hydrogens is 291 g/mol. The fourth-order valence-electron chi connectivity index (χ4n) is 1.44. The fraction of sp³-hybridized carbons (Fsp3) is 0.167. The number of anilines is 1. The number of hydrogen-bond acceptors (Lipinski definition) is 5. The molecule has 0 saturated heterocycles. The second kappa shape index (κ2) is 5.49. The van der Waals surface area contributed by atoms with Gasteiger partial charge in [0.15, 0.2) is 0 Å². The molecular formula is C12H10F3N3OS. The maximum Gasteiger partial charge on any atom is 0.416 e. The zero-order valence-electron chi connectivity index (χ0n) is 10.3. The van der Waals surface area contributed by atoms with Crippen LogP contribution in [-0.2, 0) is 6.18 Å². The van der Waals surface area contributed by atoms with Gasteiger partial charge in [-0.15, -0.1) is 11.3 Å². The number of aromatic hydroxyl groups is 1. The lowest BCUT2D eigenvalue weighted by Crippen LogP contribution is -2.05. The SMILES string of the molecule is Cc1csc(NN=Cc2cc(O)cc(C(F)(F)F)c2)n1. The number of thiazole rings is 1. The van der Waals surface area contributed by atoms with E-state index in [1.54, 1.807) is 0 Å². The van der Waals surface area contributed by atoms with Crippen molar-refractivity contribution in [3.05, 3.63) is 40.4 Å². The maximum atomic E-state index is 12.6. The van der Waals surface area contributed by atoms with Crippen LogP contribution in [0.2, 0.25) is 0 Å². The standard InChI is InChI=1S/C12H10F3N3OS/c1-7-6-20-11(17-7)18-16-5-8-2-9(12(13,14)15)4-10(19)3-8/h2-6,19H,1H3,(H,17,18). The summed E-state index contributed by atoms with van der Waals surface area (Å²) in [5.41, 5.74) is 2.64. The molecule has 0 aliphatic carbocycles. The number of rotatable bonds is 3. The first-order valence-electron chi connectivity index (χ1n) is 5.47. The lowest BCUT2D eigenvalue weighted by Gasteiger charge is -2.07. The molecule has 0 atom stereocenters. The summed E-state index contributed by atoms with van der Waals surface area (Å²) in [6, 6.07) is 2.75. The first kappa shape index (κ1) is 14.3. The summed E-state index contributed by atoms with van der Waals surface area (Å²) in [5, 5.41) is 15.4. The summed E-state index contributed by atoms with van der Waals surface area (Å²) in [4.78, 5) is 4.08. The first-order chi connectivity index (χ1) is 9.34. The van der Waals surface area contributed by atoms with Crippen LogP contribution >= 0.6 is 11.3 Å². The molecule has 4 nitrogen and oxygen atoms in total. The molecule has 0 amide bonds. The zero-order chi connectivity index (χ0) is 14.8. The van der Waals surface area contributed by atoms with E-state index in [9.17, 15) is 18.3 Å². The number of hydrogen-bond donors (Lipinski definition) is 2. The summed E-state index contributed by atoms with van der Waals surface area (Å²) < 4.78 is 37.7. The van der Waals surface area contributed by atoms with Crippen molar-refractivity contribution in [3.63, 3.8) is 0 Å². The van der Waals surface area contributed by atoms with Crippen molar-refractivity contribution in [1.29, 1.82) is 0 Å². The number of nitrogens with zero attached hydrogens (tertiary/aromatic N) is 2. The highest BCUT2D eigenvalue weighted by Gasteiger charge is 2.31. The predicted molar refractivity (Wildman–Crippen MR) is 71.2 cm³/mol. The summed E-state index contributed by atoms with van der Waals surface area (Å²) in [6.45, 7) is 1.82. The van der Waals surface area contributed by atoms with Crippen molar-refractivity contribution in [2.24, 2.45) is 5.10 Å². The Balaban J connectivity index is 2.15. The van der Waals surface area contributed by atoms with Crippen LogP contribution in [0.15, 0.2) is 28.7 Å². The van der Waals surface area contributed by atoms with Crippen LogP contribution in [0.3, 0.4) is 0 Å². The van der Waals surface area contributed by atoms with Gasteiger partial charge in [-0.05, 0) is 30.7 Å². The van der Waals surface area contributed by atoms with Gasteiger partial charge < -0.3 is 5.11 Å². The van der Waals surface area contributed by atoms with Crippen molar-refractivity contribution in [3.8, 4) is 5.75 Å². The van der Waals surface area contributed by atoms with Crippen molar-refractivity contribution in [2.75, 3.05) is 5.43 Å². The molecule has 2 rings (SSSR count). The van der Waals surface area contributed by atoms with Crippen molar-refractivity contribution in [1.82, 2.24) is 4.98 Å². The number of nitrogens with one attached hydrogen (secondary N) is 1. The molecule has 20 heavy (non-hydrogen) atoms. The minimum Gasteiger partial charge on any atom is -0.508 e. The van der Waals surface area contributed by atoms with Gasteiger partial charge in [-0.1, -0.05) is 0 Å². The average Bonchev–Trinajstić information content (AvgIpc) is 2.73. The van der Waals surface area contributed by atoms with E-state index in [0.717, 1.165) is 11.8 Å². The van der Waals surface area contributed by atoms with E-state index in [4.69, 9.17) is 0 Å². The summed E-state index contributed by atoms with van der Waals surface area (Å²) in [6.07, 6.45) is -3.33. The highest BCUT2D eigenvalue weighted by Crippen LogP contribution is 2.31. The zero-order valence-corrected chi connectivity index (χ0v) is 11.1. The topological polar surface area (TPSA) is 57.5 Å². The van der Waals surface area contributed by atoms with Gasteiger partial charge in [0.25, 0.3) is 0 Å². The van der Waals surface area contributed by atoms with Crippen LogP contribution in [-0.4, -0.2) is 16.3 Å². The lowest BCUT2D eigenvalue weighted by molar-refractivity contribution is -0.137. The van der Waals surface area contributed by atoms with E-state index in [2.05, 4.69) is 15.5 Å². The molecule has 0 fully saturated rings. The van der Waals surface area contributed by atoms with Crippen LogP contribution < -0.4 is 5.43 Å². The fourth-order valence-corrected chi connectivity index (χ4v) is 2.08. The predicted octanol–water partition coefficient (Wildman–Crippen LogP) is 3.62. The Kier molecular flexibility index (Phi) is 3.93. The van der Waals surface area contributed by atoms with E-state index in [0.29, 0.717) is 11.2 Å². The van der Waals surface area contributed by atoms with Gasteiger partial charge in [0, 0.05) is 5.38 Å². The van der Waals surface area contributed by atoms with Gasteiger partial charge in [0.2, 0.25) is 5.13 Å². The van der Waals surface area contributed by atoms with E-state index in [-0.39, 0.29) is 5.56 Å². The first-order valence-corrected chi connectivity index (χ1v) is 6.35. The van der Waals surface area contributed by atoms with Gasteiger partial charge >= 0.3 is 6.18 Å². The van der Waals surface area contributed by atoms with Crippen LogP contribution in [0.5, 0.6) is 5.75 Å². The van der Waals surface area contributed by atoms with Gasteiger partial charge in [0.05, 0.1) is 17.5 Å². The van der Waals surface area contributed by atoms with Gasteiger partial charge in [-0.25, -0.2) is 4.98 Å². The normalized spacial score (nSPS) is 12.0. The van der Waals surface area contributed by atoms with Crippen molar-refractivity contribution in [2.45, 2.75) is 13.1 Å². The van der Waals surface area contributed by atoms with Crippen LogP contribution in [0, 0.1) is 6.92 Å². The minimum atomic E-state index is -4.51. The Morgan fingerprint density at radius 3 is 2.70 bits per heavy atom.